The van der Waals surface area contributed by atoms with Crippen molar-refractivity contribution in [2.45, 2.75) is 19.4 Å². The highest BCUT2D eigenvalue weighted by molar-refractivity contribution is 7.88. The zero-order valence-corrected chi connectivity index (χ0v) is 15.3. The van der Waals surface area contributed by atoms with Gasteiger partial charge in [-0.2, -0.15) is 21.6 Å². The number of H-pyrrole nitrogens is 1. The van der Waals surface area contributed by atoms with Crippen molar-refractivity contribution in [2.24, 2.45) is 0 Å². The van der Waals surface area contributed by atoms with Gasteiger partial charge in [-0.05, 0) is 55.3 Å². The van der Waals surface area contributed by atoms with E-state index in [1.54, 1.807) is 13.8 Å². The summed E-state index contributed by atoms with van der Waals surface area (Å²) in [5.74, 6) is -1.21. The van der Waals surface area contributed by atoms with Crippen LogP contribution in [0.15, 0.2) is 30.3 Å². The molecule has 2 aromatic carbocycles. The van der Waals surface area contributed by atoms with Gasteiger partial charge in [0.15, 0.2) is 0 Å². The topological polar surface area (TPSA) is 109 Å². The Bertz CT molecular complexity index is 1180. The number of halogens is 3. The van der Waals surface area contributed by atoms with Gasteiger partial charge in [-0.3, -0.25) is 0 Å². The molecule has 7 nitrogen and oxygen atoms in total. The Morgan fingerprint density at radius 3 is 2.29 bits per heavy atom. The zero-order chi connectivity index (χ0) is 20.9. The predicted molar refractivity (Wildman–Crippen MR) is 93.6 cm³/mol. The molecule has 148 valence electrons. The Hall–Kier alpha value is -3.08. The van der Waals surface area contributed by atoms with Gasteiger partial charge >= 0.3 is 21.6 Å². The third kappa shape index (κ3) is 3.52. The normalized spacial score (nSPS) is 12.3. The molecule has 3 rings (SSSR count). The number of aryl methyl sites for hydroxylation is 2. The molecule has 0 unspecified atom stereocenters. The molecule has 28 heavy (non-hydrogen) atoms. The van der Waals surface area contributed by atoms with Gasteiger partial charge in [-0.25, -0.2) is 9.78 Å². The third-order valence-electron chi connectivity index (χ3n) is 3.96. The maximum Gasteiger partial charge on any atom is 0.534 e. The highest BCUT2D eigenvalue weighted by Gasteiger charge is 2.48. The van der Waals surface area contributed by atoms with Crippen molar-refractivity contribution < 1.29 is 35.7 Å². The number of carboxylic acid groups (broad SMARTS) is 1. The molecule has 0 aliphatic rings. The number of imidazole rings is 1. The number of aromatic carboxylic acids is 1. The number of benzene rings is 2. The molecule has 0 spiro atoms. The lowest BCUT2D eigenvalue weighted by atomic mass is 10.0. The molecule has 0 saturated carbocycles. The second-order valence-electron chi connectivity index (χ2n) is 6.04. The summed E-state index contributed by atoms with van der Waals surface area (Å²) in [6, 6.07) is 6.64. The van der Waals surface area contributed by atoms with Crippen molar-refractivity contribution in [3.05, 3.63) is 47.0 Å². The fourth-order valence-corrected chi connectivity index (χ4v) is 3.22. The van der Waals surface area contributed by atoms with E-state index in [0.717, 1.165) is 12.1 Å². The molecule has 2 N–H and O–H groups in total. The van der Waals surface area contributed by atoms with Crippen LogP contribution in [-0.4, -0.2) is 35.0 Å². The molecule has 0 aliphatic carbocycles. The number of fused-ring (bicyclic) bond motifs is 1. The maximum atomic E-state index is 12.5. The van der Waals surface area contributed by atoms with Crippen molar-refractivity contribution in [3.63, 3.8) is 0 Å². The summed E-state index contributed by atoms with van der Waals surface area (Å²) in [5.41, 5.74) is -3.13. The van der Waals surface area contributed by atoms with Crippen LogP contribution in [0.1, 0.15) is 21.5 Å². The lowest BCUT2D eigenvalue weighted by molar-refractivity contribution is -0.0500. The van der Waals surface area contributed by atoms with E-state index >= 15 is 0 Å². The summed E-state index contributed by atoms with van der Waals surface area (Å²) < 4.78 is 64.1. The molecule has 1 aromatic heterocycles. The molecule has 0 saturated heterocycles. The highest BCUT2D eigenvalue weighted by atomic mass is 32.2. The zero-order valence-electron chi connectivity index (χ0n) is 14.5. The quantitative estimate of drug-likeness (QED) is 0.497. The van der Waals surface area contributed by atoms with Crippen LogP contribution in [0, 0.1) is 13.8 Å². The summed E-state index contributed by atoms with van der Waals surface area (Å²) >= 11 is 0. The average Bonchev–Trinajstić information content (AvgIpc) is 2.94. The lowest BCUT2D eigenvalue weighted by Crippen LogP contribution is -2.28. The SMILES string of the molecule is Cc1cc(OS(=O)(=O)C(F)(F)F)cc(C)c1-c1nc2ccc(C(=O)O)cc2[nH]1. The maximum absolute atomic E-state index is 12.5. The lowest BCUT2D eigenvalue weighted by Gasteiger charge is -2.13. The molecular weight excluding hydrogens is 401 g/mol. The van der Waals surface area contributed by atoms with E-state index in [-0.39, 0.29) is 5.56 Å². The minimum Gasteiger partial charge on any atom is -0.478 e. The summed E-state index contributed by atoms with van der Waals surface area (Å²) in [6.45, 7) is 3.12. The minimum atomic E-state index is -5.77. The van der Waals surface area contributed by atoms with E-state index in [9.17, 15) is 26.4 Å². The predicted octanol–water partition coefficient (Wildman–Crippen LogP) is 3.77. The fourth-order valence-electron chi connectivity index (χ4n) is 2.78. The number of aromatic amines is 1. The number of hydrogen-bond acceptors (Lipinski definition) is 5. The van der Waals surface area contributed by atoms with E-state index < -0.39 is 27.3 Å². The van der Waals surface area contributed by atoms with Gasteiger partial charge in [0, 0.05) is 5.56 Å². The summed E-state index contributed by atoms with van der Waals surface area (Å²) in [5, 5.41) is 9.06. The van der Waals surface area contributed by atoms with Gasteiger partial charge in [0.25, 0.3) is 0 Å². The summed E-state index contributed by atoms with van der Waals surface area (Å²) in [7, 11) is -5.77. The van der Waals surface area contributed by atoms with Crippen LogP contribution in [0.25, 0.3) is 22.4 Å². The number of carbonyl (C=O) groups is 1. The number of carboxylic acids is 1. The van der Waals surface area contributed by atoms with Crippen LogP contribution in [0.3, 0.4) is 0 Å². The van der Waals surface area contributed by atoms with Crippen molar-refractivity contribution in [1.82, 2.24) is 9.97 Å². The van der Waals surface area contributed by atoms with E-state index in [2.05, 4.69) is 14.2 Å². The van der Waals surface area contributed by atoms with Gasteiger partial charge in [0.1, 0.15) is 11.6 Å². The molecule has 0 radical (unpaired) electrons. The van der Waals surface area contributed by atoms with Crippen LogP contribution < -0.4 is 4.18 Å². The minimum absolute atomic E-state index is 0.0669. The molecule has 0 bridgehead atoms. The molecule has 0 atom stereocenters. The standard InChI is InChI=1S/C17H13F3N2O5S/c1-8-5-11(27-28(25,26)17(18,19)20)6-9(2)14(8)15-21-12-4-3-10(16(23)24)7-13(12)22-15/h3-7H,1-2H3,(H,21,22)(H,23,24). The van der Waals surface area contributed by atoms with Crippen LogP contribution in [0.4, 0.5) is 13.2 Å². The molecular formula is C17H13F3N2O5S. The largest absolute Gasteiger partial charge is 0.534 e. The number of aromatic nitrogens is 2. The molecule has 3 aromatic rings. The Morgan fingerprint density at radius 1 is 1.14 bits per heavy atom. The number of hydrogen-bond donors (Lipinski definition) is 2. The van der Waals surface area contributed by atoms with Crippen molar-refractivity contribution >= 4 is 27.1 Å². The Labute approximate surface area is 156 Å². The molecule has 1 heterocycles. The van der Waals surface area contributed by atoms with E-state index in [1.807, 2.05) is 0 Å². The Kier molecular flexibility index (Phi) is 4.58. The van der Waals surface area contributed by atoms with E-state index in [4.69, 9.17) is 5.11 Å². The number of rotatable bonds is 4. The van der Waals surface area contributed by atoms with Crippen molar-refractivity contribution in [1.29, 1.82) is 0 Å². The smallest absolute Gasteiger partial charge is 0.478 e. The van der Waals surface area contributed by atoms with Gasteiger partial charge in [-0.1, -0.05) is 0 Å². The first kappa shape index (κ1) is 19.7. The highest BCUT2D eigenvalue weighted by Crippen LogP contribution is 2.33. The Morgan fingerprint density at radius 2 is 1.75 bits per heavy atom. The number of alkyl halides is 3. The number of nitrogens with zero attached hydrogens (tertiary/aromatic N) is 1. The summed E-state index contributed by atoms with van der Waals surface area (Å²) in [4.78, 5) is 18.4. The summed E-state index contributed by atoms with van der Waals surface area (Å²) in [6.07, 6.45) is 0. The van der Waals surface area contributed by atoms with Crippen LogP contribution in [0.5, 0.6) is 5.75 Å². The second kappa shape index (κ2) is 6.51. The fraction of sp³-hybridized carbons (Fsp3) is 0.176. The van der Waals surface area contributed by atoms with Crippen molar-refractivity contribution in [3.8, 4) is 17.1 Å². The van der Waals surface area contributed by atoms with Gasteiger partial charge in [0.05, 0.1) is 16.6 Å². The second-order valence-corrected chi connectivity index (χ2v) is 7.58. The first-order valence-corrected chi connectivity index (χ1v) is 9.15. The first-order valence-electron chi connectivity index (χ1n) is 7.74. The van der Waals surface area contributed by atoms with Crippen LogP contribution in [0.2, 0.25) is 0 Å². The average molecular weight is 414 g/mol. The van der Waals surface area contributed by atoms with Gasteiger partial charge < -0.3 is 14.3 Å². The number of nitrogens with one attached hydrogen (secondary N) is 1. The van der Waals surface area contributed by atoms with Crippen molar-refractivity contribution in [2.75, 3.05) is 0 Å². The molecule has 11 heteroatoms. The van der Waals surface area contributed by atoms with E-state index in [1.165, 1.54) is 18.2 Å². The third-order valence-corrected chi connectivity index (χ3v) is 4.94. The Balaban J connectivity index is 2.04. The molecule has 0 aliphatic heterocycles. The molecule has 0 amide bonds. The van der Waals surface area contributed by atoms with E-state index in [0.29, 0.717) is 33.5 Å². The first-order chi connectivity index (χ1) is 12.9. The van der Waals surface area contributed by atoms with Crippen LogP contribution >= 0.6 is 0 Å². The van der Waals surface area contributed by atoms with Gasteiger partial charge in [-0.15, -0.1) is 0 Å². The monoisotopic (exact) mass is 414 g/mol. The van der Waals surface area contributed by atoms with Crippen LogP contribution in [-0.2, 0) is 10.1 Å². The molecule has 0 fully saturated rings. The van der Waals surface area contributed by atoms with Gasteiger partial charge in [0.2, 0.25) is 0 Å².